The third-order valence-corrected chi connectivity index (χ3v) is 4.09. The van der Waals surface area contributed by atoms with Gasteiger partial charge in [-0.15, -0.1) is 0 Å². The highest BCUT2D eigenvalue weighted by Crippen LogP contribution is 2.23. The molecule has 0 spiro atoms. The van der Waals surface area contributed by atoms with Crippen LogP contribution in [-0.2, 0) is 16.6 Å². The van der Waals surface area contributed by atoms with Gasteiger partial charge in [-0.2, -0.15) is 0 Å². The molecule has 2 rings (SSSR count). The second-order valence-corrected chi connectivity index (χ2v) is 5.93. The maximum absolute atomic E-state index is 12.7. The largest absolute Gasteiger partial charge is 0.461 e. The Labute approximate surface area is 152 Å². The van der Waals surface area contributed by atoms with Crippen molar-refractivity contribution in [1.29, 1.82) is 0 Å². The third-order valence-electron chi connectivity index (χ3n) is 4.09. The van der Waals surface area contributed by atoms with E-state index < -0.39 is 5.97 Å². The summed E-state index contributed by atoms with van der Waals surface area (Å²) in [4.78, 5) is 35.9. The van der Waals surface area contributed by atoms with Crippen LogP contribution in [0.15, 0.2) is 24.3 Å². The summed E-state index contributed by atoms with van der Waals surface area (Å²) in [6, 6.07) is 6.80. The molecule has 0 atom stereocenters. The van der Waals surface area contributed by atoms with E-state index in [0.717, 1.165) is 0 Å². The van der Waals surface area contributed by atoms with Gasteiger partial charge < -0.3 is 19.9 Å². The van der Waals surface area contributed by atoms with Gasteiger partial charge >= 0.3 is 5.97 Å². The fourth-order valence-electron chi connectivity index (χ4n) is 2.83. The maximum atomic E-state index is 12.7. The number of amides is 2. The van der Waals surface area contributed by atoms with Gasteiger partial charge in [-0.25, -0.2) is 4.79 Å². The molecule has 0 aliphatic carbocycles. The number of benzene rings is 1. The van der Waals surface area contributed by atoms with E-state index in [1.165, 1.54) is 6.92 Å². The SMILES string of the molecule is CCOC(=O)c1c(C)c(C(=O)Nc2ccc(NC(C)=O)cc2)c(C)n1C. The van der Waals surface area contributed by atoms with Crippen LogP contribution in [0.2, 0.25) is 0 Å². The molecule has 0 fully saturated rings. The van der Waals surface area contributed by atoms with Gasteiger partial charge in [0.2, 0.25) is 5.91 Å². The van der Waals surface area contributed by atoms with Crippen molar-refractivity contribution < 1.29 is 19.1 Å². The van der Waals surface area contributed by atoms with E-state index in [9.17, 15) is 14.4 Å². The van der Waals surface area contributed by atoms with Gasteiger partial charge in [-0.1, -0.05) is 0 Å². The molecule has 1 aromatic carbocycles. The second kappa shape index (κ2) is 7.86. The summed E-state index contributed by atoms with van der Waals surface area (Å²) in [5, 5.41) is 5.48. The van der Waals surface area contributed by atoms with Crippen molar-refractivity contribution in [2.45, 2.75) is 27.7 Å². The van der Waals surface area contributed by atoms with Gasteiger partial charge in [0.1, 0.15) is 5.69 Å². The molecule has 2 N–H and O–H groups in total. The van der Waals surface area contributed by atoms with Crippen LogP contribution < -0.4 is 10.6 Å². The van der Waals surface area contributed by atoms with Crippen molar-refractivity contribution in [1.82, 2.24) is 4.57 Å². The molecule has 1 heterocycles. The minimum Gasteiger partial charge on any atom is -0.461 e. The van der Waals surface area contributed by atoms with Gasteiger partial charge in [0, 0.05) is 31.0 Å². The van der Waals surface area contributed by atoms with Crippen molar-refractivity contribution in [3.63, 3.8) is 0 Å². The van der Waals surface area contributed by atoms with E-state index >= 15 is 0 Å². The first-order valence-electron chi connectivity index (χ1n) is 8.28. The molecule has 0 saturated heterocycles. The van der Waals surface area contributed by atoms with Crippen LogP contribution in [0.5, 0.6) is 0 Å². The molecular formula is C19H23N3O4. The van der Waals surface area contributed by atoms with Gasteiger partial charge in [-0.05, 0) is 50.6 Å². The average Bonchev–Trinajstić information content (AvgIpc) is 2.78. The van der Waals surface area contributed by atoms with Crippen LogP contribution >= 0.6 is 0 Å². The molecule has 1 aromatic heterocycles. The zero-order valence-electron chi connectivity index (χ0n) is 15.6. The van der Waals surface area contributed by atoms with Crippen molar-refractivity contribution in [2.75, 3.05) is 17.2 Å². The van der Waals surface area contributed by atoms with E-state index in [4.69, 9.17) is 4.74 Å². The molecule has 26 heavy (non-hydrogen) atoms. The zero-order chi connectivity index (χ0) is 19.4. The molecule has 0 aliphatic heterocycles. The number of hydrogen-bond donors (Lipinski definition) is 2. The Morgan fingerprint density at radius 2 is 1.58 bits per heavy atom. The molecule has 7 nitrogen and oxygen atoms in total. The van der Waals surface area contributed by atoms with Gasteiger partial charge in [0.25, 0.3) is 5.91 Å². The number of carbonyl (C=O) groups excluding carboxylic acids is 3. The van der Waals surface area contributed by atoms with Crippen molar-refractivity contribution in [3.8, 4) is 0 Å². The number of ether oxygens (including phenoxy) is 1. The van der Waals surface area contributed by atoms with E-state index in [1.54, 1.807) is 56.7 Å². The van der Waals surface area contributed by atoms with Crippen LogP contribution in [-0.4, -0.2) is 29.0 Å². The highest BCUT2D eigenvalue weighted by Gasteiger charge is 2.25. The molecule has 7 heteroatoms. The summed E-state index contributed by atoms with van der Waals surface area (Å²) >= 11 is 0. The van der Waals surface area contributed by atoms with Crippen LogP contribution in [0.1, 0.15) is 46.0 Å². The third kappa shape index (κ3) is 3.93. The Morgan fingerprint density at radius 3 is 2.08 bits per heavy atom. The lowest BCUT2D eigenvalue weighted by atomic mass is 10.1. The molecule has 2 amide bonds. The van der Waals surface area contributed by atoms with Crippen LogP contribution in [0.25, 0.3) is 0 Å². The lowest BCUT2D eigenvalue weighted by molar-refractivity contribution is -0.114. The minimum absolute atomic E-state index is 0.163. The number of aromatic nitrogens is 1. The second-order valence-electron chi connectivity index (χ2n) is 5.93. The van der Waals surface area contributed by atoms with Crippen LogP contribution in [0, 0.1) is 13.8 Å². The van der Waals surface area contributed by atoms with E-state index in [-0.39, 0.29) is 18.4 Å². The summed E-state index contributed by atoms with van der Waals surface area (Å²) < 4.78 is 6.74. The van der Waals surface area contributed by atoms with Crippen LogP contribution in [0.3, 0.4) is 0 Å². The first kappa shape index (κ1) is 19.2. The Bertz CT molecular complexity index is 851. The van der Waals surface area contributed by atoms with Crippen LogP contribution in [0.4, 0.5) is 11.4 Å². The van der Waals surface area contributed by atoms with Crippen molar-refractivity contribution in [2.24, 2.45) is 7.05 Å². The number of anilines is 2. The minimum atomic E-state index is -0.450. The van der Waals surface area contributed by atoms with E-state index in [1.807, 2.05) is 0 Å². The summed E-state index contributed by atoms with van der Waals surface area (Å²) in [6.07, 6.45) is 0. The predicted octanol–water partition coefficient (Wildman–Crippen LogP) is 3.03. The van der Waals surface area contributed by atoms with Crippen molar-refractivity contribution in [3.05, 3.63) is 46.8 Å². The van der Waals surface area contributed by atoms with E-state index in [2.05, 4.69) is 10.6 Å². The number of esters is 1. The lowest BCUT2D eigenvalue weighted by Gasteiger charge is -2.08. The summed E-state index contributed by atoms with van der Waals surface area (Å²) in [5.41, 5.74) is 3.31. The van der Waals surface area contributed by atoms with E-state index in [0.29, 0.717) is 33.9 Å². The Balaban J connectivity index is 2.26. The molecule has 0 radical (unpaired) electrons. The standard InChI is InChI=1S/C19H23N3O4/c1-6-26-19(25)17-11(2)16(12(3)22(17)5)18(24)21-15-9-7-14(8-10-15)20-13(4)23/h7-10H,6H2,1-5H3,(H,20,23)(H,21,24). The number of nitrogens with zero attached hydrogens (tertiary/aromatic N) is 1. The van der Waals surface area contributed by atoms with Gasteiger partial charge in [0.05, 0.1) is 12.2 Å². The number of carbonyl (C=O) groups is 3. The normalized spacial score (nSPS) is 10.3. The Hall–Kier alpha value is -3.09. The first-order chi connectivity index (χ1) is 12.3. The molecule has 0 unspecified atom stereocenters. The lowest BCUT2D eigenvalue weighted by Crippen LogP contribution is -2.14. The fourth-order valence-corrected chi connectivity index (χ4v) is 2.83. The molecule has 0 saturated carbocycles. The number of hydrogen-bond acceptors (Lipinski definition) is 4. The average molecular weight is 357 g/mol. The van der Waals surface area contributed by atoms with Gasteiger partial charge in [-0.3, -0.25) is 9.59 Å². The molecule has 0 aliphatic rings. The summed E-state index contributed by atoms with van der Waals surface area (Å²) in [5.74, 6) is -0.920. The van der Waals surface area contributed by atoms with Gasteiger partial charge in [0.15, 0.2) is 0 Å². The first-order valence-corrected chi connectivity index (χ1v) is 8.28. The topological polar surface area (TPSA) is 89.4 Å². The quantitative estimate of drug-likeness (QED) is 0.805. The molecular weight excluding hydrogens is 334 g/mol. The molecule has 138 valence electrons. The highest BCUT2D eigenvalue weighted by atomic mass is 16.5. The smallest absolute Gasteiger partial charge is 0.355 e. The highest BCUT2D eigenvalue weighted by molar-refractivity contribution is 6.08. The Kier molecular flexibility index (Phi) is 5.82. The number of nitrogens with one attached hydrogen (secondary N) is 2. The zero-order valence-corrected chi connectivity index (χ0v) is 15.6. The summed E-state index contributed by atoms with van der Waals surface area (Å²) in [6.45, 7) is 6.95. The molecule has 0 bridgehead atoms. The van der Waals surface area contributed by atoms with Crippen molar-refractivity contribution >= 4 is 29.2 Å². The summed E-state index contributed by atoms with van der Waals surface area (Å²) in [7, 11) is 1.73. The number of rotatable bonds is 5. The Morgan fingerprint density at radius 1 is 1.04 bits per heavy atom. The predicted molar refractivity (Wildman–Crippen MR) is 99.5 cm³/mol. The molecule has 2 aromatic rings. The fraction of sp³-hybridized carbons (Fsp3) is 0.316. The monoisotopic (exact) mass is 357 g/mol. The maximum Gasteiger partial charge on any atom is 0.355 e.